The third-order valence-electron chi connectivity index (χ3n) is 6.32. The monoisotopic (exact) mass is 512 g/mol. The highest BCUT2D eigenvalue weighted by Gasteiger charge is 2.32. The predicted molar refractivity (Wildman–Crippen MR) is 143 cm³/mol. The first-order valence-corrected chi connectivity index (χ1v) is 13.1. The summed E-state index contributed by atoms with van der Waals surface area (Å²) in [5.41, 5.74) is 1.61. The fourth-order valence-electron chi connectivity index (χ4n) is 4.69. The lowest BCUT2D eigenvalue weighted by Gasteiger charge is -2.26. The molecule has 0 spiro atoms. The Morgan fingerprint density at radius 3 is 2.38 bits per heavy atom. The van der Waals surface area contributed by atoms with Gasteiger partial charge in [0.15, 0.2) is 0 Å². The molecular weight excluding hydrogens is 472 g/mol. The Hall–Kier alpha value is -3.26. The minimum absolute atomic E-state index is 0.00915. The number of carbonyl (C=O) groups excluding carboxylic acids is 1. The van der Waals surface area contributed by atoms with Crippen molar-refractivity contribution < 1.29 is 29.3 Å². The molecule has 3 atom stereocenters. The Kier molecular flexibility index (Phi) is 10.2. The second-order valence-corrected chi connectivity index (χ2v) is 10.2. The number of ether oxygens (including phenoxy) is 2. The topological polar surface area (TPSA) is 108 Å². The SMILES string of the molecule is CC(C)Oc1cccc(CN(CC(=O)O)C(=O)[C@@H]2CC[C@H](Nc3ccccc3OC(C)C)[C@@H](O)CC2)c1. The number of carboxylic acids is 1. The van der Waals surface area contributed by atoms with Crippen LogP contribution in [0.25, 0.3) is 0 Å². The number of amides is 1. The van der Waals surface area contributed by atoms with Crippen molar-refractivity contribution in [3.05, 3.63) is 54.1 Å². The minimum atomic E-state index is -1.06. The van der Waals surface area contributed by atoms with Crippen molar-refractivity contribution in [3.63, 3.8) is 0 Å². The smallest absolute Gasteiger partial charge is 0.323 e. The Morgan fingerprint density at radius 2 is 1.68 bits per heavy atom. The first-order valence-electron chi connectivity index (χ1n) is 13.1. The maximum atomic E-state index is 13.5. The van der Waals surface area contributed by atoms with Crippen LogP contribution in [0.5, 0.6) is 11.5 Å². The van der Waals surface area contributed by atoms with E-state index in [1.807, 2.05) is 76.2 Å². The number of hydrogen-bond donors (Lipinski definition) is 3. The molecule has 1 fully saturated rings. The molecular formula is C29H40N2O6. The Morgan fingerprint density at radius 1 is 0.973 bits per heavy atom. The van der Waals surface area contributed by atoms with Gasteiger partial charge >= 0.3 is 5.97 Å². The lowest BCUT2D eigenvalue weighted by molar-refractivity contribution is -0.147. The molecule has 3 N–H and O–H groups in total. The molecule has 1 aliphatic rings. The summed E-state index contributed by atoms with van der Waals surface area (Å²) in [6.07, 6.45) is 1.45. The number of aliphatic hydroxyl groups is 1. The molecule has 2 aromatic rings. The molecule has 2 aromatic carbocycles. The molecule has 1 saturated carbocycles. The van der Waals surface area contributed by atoms with E-state index >= 15 is 0 Å². The van der Waals surface area contributed by atoms with Crippen LogP contribution in [0.4, 0.5) is 5.69 Å². The van der Waals surface area contributed by atoms with Gasteiger partial charge in [0, 0.05) is 12.5 Å². The fourth-order valence-corrected chi connectivity index (χ4v) is 4.69. The van der Waals surface area contributed by atoms with Crippen LogP contribution < -0.4 is 14.8 Å². The van der Waals surface area contributed by atoms with Gasteiger partial charge in [-0.05, 0) is 83.2 Å². The predicted octanol–water partition coefficient (Wildman–Crippen LogP) is 4.71. The normalized spacial score (nSPS) is 19.8. The number of aliphatic carboxylic acids is 1. The number of rotatable bonds is 11. The molecule has 0 aromatic heterocycles. The number of carboxylic acid groups (broad SMARTS) is 1. The van der Waals surface area contributed by atoms with Gasteiger partial charge in [0.1, 0.15) is 18.0 Å². The molecule has 0 aliphatic heterocycles. The molecule has 0 radical (unpaired) electrons. The largest absolute Gasteiger partial charge is 0.491 e. The van der Waals surface area contributed by atoms with E-state index in [1.165, 1.54) is 4.90 Å². The van der Waals surface area contributed by atoms with E-state index < -0.39 is 12.1 Å². The standard InChI is InChI=1S/C29H40N2O6/c1-19(2)36-23-9-7-8-21(16-23)17-31(18-28(33)34)29(35)22-12-14-24(26(32)15-13-22)30-25-10-5-6-11-27(25)37-20(3)4/h5-11,16,19-20,22,24,26,30,32H,12-15,17-18H2,1-4H3,(H,33,34)/t22-,24+,26+/m1/s1. The lowest BCUT2D eigenvalue weighted by atomic mass is 9.98. The van der Waals surface area contributed by atoms with E-state index in [2.05, 4.69) is 5.32 Å². The maximum absolute atomic E-state index is 13.5. The van der Waals surface area contributed by atoms with Crippen LogP contribution >= 0.6 is 0 Å². The van der Waals surface area contributed by atoms with Gasteiger partial charge in [-0.3, -0.25) is 9.59 Å². The summed E-state index contributed by atoms with van der Waals surface area (Å²) in [4.78, 5) is 26.5. The summed E-state index contributed by atoms with van der Waals surface area (Å²) in [6, 6.07) is 14.8. The van der Waals surface area contributed by atoms with Crippen LogP contribution in [0, 0.1) is 5.92 Å². The lowest BCUT2D eigenvalue weighted by Crippen LogP contribution is -2.39. The van der Waals surface area contributed by atoms with Gasteiger partial charge in [-0.25, -0.2) is 0 Å². The van der Waals surface area contributed by atoms with Crippen molar-refractivity contribution >= 4 is 17.6 Å². The summed E-state index contributed by atoms with van der Waals surface area (Å²) in [6.45, 7) is 7.60. The number of nitrogens with one attached hydrogen (secondary N) is 1. The van der Waals surface area contributed by atoms with Crippen LogP contribution in [0.2, 0.25) is 0 Å². The van der Waals surface area contributed by atoms with E-state index in [4.69, 9.17) is 9.47 Å². The zero-order valence-corrected chi connectivity index (χ0v) is 22.2. The summed E-state index contributed by atoms with van der Waals surface area (Å²) in [7, 11) is 0. The molecule has 0 unspecified atom stereocenters. The molecule has 1 aliphatic carbocycles. The molecule has 0 bridgehead atoms. The third kappa shape index (κ3) is 8.67. The van der Waals surface area contributed by atoms with Gasteiger partial charge in [-0.1, -0.05) is 24.3 Å². The Labute approximate surface area is 219 Å². The zero-order chi connectivity index (χ0) is 26.9. The highest BCUT2D eigenvalue weighted by Crippen LogP contribution is 2.31. The number of anilines is 1. The molecule has 8 heteroatoms. The van der Waals surface area contributed by atoms with Crippen LogP contribution in [0.15, 0.2) is 48.5 Å². The third-order valence-corrected chi connectivity index (χ3v) is 6.32. The number of benzene rings is 2. The van der Waals surface area contributed by atoms with Gasteiger partial charge in [0.2, 0.25) is 5.91 Å². The molecule has 3 rings (SSSR count). The van der Waals surface area contributed by atoms with Crippen LogP contribution in [0.1, 0.15) is 58.9 Å². The average Bonchev–Trinajstić information content (AvgIpc) is 3.00. The number of para-hydroxylation sites is 2. The van der Waals surface area contributed by atoms with E-state index in [9.17, 15) is 19.8 Å². The number of aliphatic hydroxyl groups excluding tert-OH is 1. The van der Waals surface area contributed by atoms with Crippen molar-refractivity contribution in [1.82, 2.24) is 4.90 Å². The molecule has 1 amide bonds. The molecule has 8 nitrogen and oxygen atoms in total. The highest BCUT2D eigenvalue weighted by molar-refractivity contribution is 5.83. The summed E-state index contributed by atoms with van der Waals surface area (Å²) >= 11 is 0. The molecule has 37 heavy (non-hydrogen) atoms. The van der Waals surface area contributed by atoms with Gasteiger partial charge in [0.25, 0.3) is 0 Å². The minimum Gasteiger partial charge on any atom is -0.491 e. The van der Waals surface area contributed by atoms with Crippen molar-refractivity contribution in [2.75, 3.05) is 11.9 Å². The summed E-state index contributed by atoms with van der Waals surface area (Å²) < 4.78 is 11.6. The first kappa shape index (κ1) is 28.3. The summed E-state index contributed by atoms with van der Waals surface area (Å²) in [5.74, 6) is -0.216. The first-order chi connectivity index (χ1) is 17.6. The zero-order valence-electron chi connectivity index (χ0n) is 22.2. The molecule has 202 valence electrons. The van der Waals surface area contributed by atoms with Crippen LogP contribution in [-0.4, -0.2) is 57.9 Å². The van der Waals surface area contributed by atoms with Gasteiger partial charge in [-0.2, -0.15) is 0 Å². The summed E-state index contributed by atoms with van der Waals surface area (Å²) in [5, 5.41) is 23.8. The van der Waals surface area contributed by atoms with Gasteiger partial charge < -0.3 is 29.9 Å². The number of hydrogen-bond acceptors (Lipinski definition) is 6. The average molecular weight is 513 g/mol. The quantitative estimate of drug-likeness (QED) is 0.374. The Balaban J connectivity index is 1.70. The number of nitrogens with zero attached hydrogens (tertiary/aromatic N) is 1. The second-order valence-electron chi connectivity index (χ2n) is 10.2. The van der Waals surface area contributed by atoms with E-state index in [1.54, 1.807) is 0 Å². The fraction of sp³-hybridized carbons (Fsp3) is 0.517. The molecule has 0 heterocycles. The van der Waals surface area contributed by atoms with Crippen LogP contribution in [0.3, 0.4) is 0 Å². The molecule has 0 saturated heterocycles. The van der Waals surface area contributed by atoms with Crippen molar-refractivity contribution in [3.8, 4) is 11.5 Å². The number of carbonyl (C=O) groups is 2. The van der Waals surface area contributed by atoms with E-state index in [0.29, 0.717) is 31.4 Å². The van der Waals surface area contributed by atoms with Crippen molar-refractivity contribution in [2.45, 2.75) is 84.3 Å². The van der Waals surface area contributed by atoms with Crippen LogP contribution in [-0.2, 0) is 16.1 Å². The maximum Gasteiger partial charge on any atom is 0.323 e. The van der Waals surface area contributed by atoms with Gasteiger partial charge in [-0.15, -0.1) is 0 Å². The van der Waals surface area contributed by atoms with E-state index in [0.717, 1.165) is 17.0 Å². The Bertz CT molecular complexity index is 1040. The van der Waals surface area contributed by atoms with Crippen molar-refractivity contribution in [2.24, 2.45) is 5.92 Å². The van der Waals surface area contributed by atoms with Crippen molar-refractivity contribution in [1.29, 1.82) is 0 Å². The van der Waals surface area contributed by atoms with Gasteiger partial charge in [0.05, 0.1) is 30.0 Å². The van der Waals surface area contributed by atoms with E-state index in [-0.39, 0.29) is 43.2 Å². The highest BCUT2D eigenvalue weighted by atomic mass is 16.5. The second kappa shape index (κ2) is 13.3.